The van der Waals surface area contributed by atoms with E-state index in [4.69, 9.17) is 0 Å². The summed E-state index contributed by atoms with van der Waals surface area (Å²) < 4.78 is 36.9. The summed E-state index contributed by atoms with van der Waals surface area (Å²) >= 11 is 0. The normalized spacial score (nSPS) is 11.6. The van der Waals surface area contributed by atoms with E-state index in [9.17, 15) is 17.6 Å². The Balaban J connectivity index is 2.68. The number of nitrogens with zero attached hydrogens (tertiary/aromatic N) is 1. The van der Waals surface area contributed by atoms with E-state index in [1.807, 2.05) is 6.92 Å². The summed E-state index contributed by atoms with van der Waals surface area (Å²) in [6, 6.07) is 5.43. The van der Waals surface area contributed by atoms with E-state index in [-0.39, 0.29) is 13.1 Å². The Labute approximate surface area is 112 Å². The summed E-state index contributed by atoms with van der Waals surface area (Å²) in [6.45, 7) is 1.82. The van der Waals surface area contributed by atoms with Crippen LogP contribution in [-0.4, -0.2) is 38.0 Å². The third kappa shape index (κ3) is 5.35. The average molecular weight is 288 g/mol. The van der Waals surface area contributed by atoms with Crippen LogP contribution in [0.2, 0.25) is 0 Å². The summed E-state index contributed by atoms with van der Waals surface area (Å²) in [5.74, 6) is -0.962. The van der Waals surface area contributed by atoms with Gasteiger partial charge in [-0.1, -0.05) is 13.0 Å². The van der Waals surface area contributed by atoms with Crippen molar-refractivity contribution >= 4 is 21.6 Å². The number of hydrogen-bond acceptors (Lipinski definition) is 3. The van der Waals surface area contributed by atoms with Crippen LogP contribution in [0.4, 0.5) is 10.1 Å². The van der Waals surface area contributed by atoms with Crippen molar-refractivity contribution in [1.82, 2.24) is 4.31 Å². The van der Waals surface area contributed by atoms with Gasteiger partial charge in [0.2, 0.25) is 15.9 Å². The molecule has 7 heteroatoms. The molecule has 0 aromatic heterocycles. The van der Waals surface area contributed by atoms with Gasteiger partial charge in [0.25, 0.3) is 0 Å². The Kier molecular flexibility index (Phi) is 5.44. The molecule has 0 aliphatic heterocycles. The van der Waals surface area contributed by atoms with Gasteiger partial charge in [0.15, 0.2) is 0 Å². The maximum absolute atomic E-state index is 12.9. The van der Waals surface area contributed by atoms with Crippen molar-refractivity contribution in [2.45, 2.75) is 13.3 Å². The van der Waals surface area contributed by atoms with Crippen LogP contribution >= 0.6 is 0 Å². The zero-order valence-electron chi connectivity index (χ0n) is 10.9. The highest BCUT2D eigenvalue weighted by Gasteiger charge is 2.19. The highest BCUT2D eigenvalue weighted by atomic mass is 32.2. The smallest absolute Gasteiger partial charge is 0.239 e. The molecule has 0 unspecified atom stereocenters. The number of benzene rings is 1. The lowest BCUT2D eigenvalue weighted by Crippen LogP contribution is -2.37. The summed E-state index contributed by atoms with van der Waals surface area (Å²) in [5.41, 5.74) is 0.301. The van der Waals surface area contributed by atoms with Crippen LogP contribution in [-0.2, 0) is 14.8 Å². The van der Waals surface area contributed by atoms with E-state index in [2.05, 4.69) is 5.32 Å². The van der Waals surface area contributed by atoms with Gasteiger partial charge in [0.05, 0.1) is 12.8 Å². The molecule has 0 fully saturated rings. The maximum Gasteiger partial charge on any atom is 0.239 e. The average Bonchev–Trinajstić information content (AvgIpc) is 2.27. The molecule has 0 saturated heterocycles. The third-order valence-corrected chi connectivity index (χ3v) is 3.62. The summed E-state index contributed by atoms with van der Waals surface area (Å²) in [7, 11) is -3.42. The molecule has 1 aromatic rings. The molecule has 0 saturated carbocycles. The summed E-state index contributed by atoms with van der Waals surface area (Å²) in [4.78, 5) is 11.7. The van der Waals surface area contributed by atoms with Crippen molar-refractivity contribution in [3.8, 4) is 0 Å². The first-order chi connectivity index (χ1) is 8.82. The number of carbonyl (C=O) groups is 1. The van der Waals surface area contributed by atoms with Crippen molar-refractivity contribution < 1.29 is 17.6 Å². The van der Waals surface area contributed by atoms with Gasteiger partial charge in [-0.05, 0) is 24.6 Å². The second-order valence-corrected chi connectivity index (χ2v) is 6.14. The van der Waals surface area contributed by atoms with Gasteiger partial charge >= 0.3 is 0 Å². The molecular formula is C12H17FN2O3S. The third-order valence-electron chi connectivity index (χ3n) is 2.37. The second kappa shape index (κ2) is 6.63. The summed E-state index contributed by atoms with van der Waals surface area (Å²) in [5, 5.41) is 2.46. The molecule has 1 amide bonds. The molecule has 0 heterocycles. The Morgan fingerprint density at radius 2 is 2.11 bits per heavy atom. The molecule has 0 aliphatic carbocycles. The number of carbonyl (C=O) groups excluding carboxylic acids is 1. The van der Waals surface area contributed by atoms with Gasteiger partial charge in [0, 0.05) is 12.2 Å². The van der Waals surface area contributed by atoms with Crippen LogP contribution in [0.25, 0.3) is 0 Å². The second-order valence-electron chi connectivity index (χ2n) is 4.16. The minimum atomic E-state index is -3.42. The van der Waals surface area contributed by atoms with Gasteiger partial charge in [-0.25, -0.2) is 12.8 Å². The van der Waals surface area contributed by atoms with E-state index in [0.29, 0.717) is 12.1 Å². The molecule has 19 heavy (non-hydrogen) atoms. The zero-order valence-corrected chi connectivity index (χ0v) is 11.7. The molecule has 1 aromatic carbocycles. The van der Waals surface area contributed by atoms with Crippen molar-refractivity contribution in [3.05, 3.63) is 30.1 Å². The first-order valence-electron chi connectivity index (χ1n) is 5.83. The Bertz CT molecular complexity index is 546. The number of amides is 1. The van der Waals surface area contributed by atoms with Crippen molar-refractivity contribution in [2.75, 3.05) is 24.7 Å². The first kappa shape index (κ1) is 15.6. The van der Waals surface area contributed by atoms with Crippen LogP contribution in [0, 0.1) is 5.82 Å². The Hall–Kier alpha value is -1.47. The molecular weight excluding hydrogens is 271 g/mol. The number of nitrogens with one attached hydrogen (secondary N) is 1. The Morgan fingerprint density at radius 1 is 1.42 bits per heavy atom. The van der Waals surface area contributed by atoms with Crippen LogP contribution in [0.5, 0.6) is 0 Å². The SMILES string of the molecule is CCCN(CC(=O)Nc1cccc(F)c1)S(C)(=O)=O. The molecule has 106 valence electrons. The van der Waals surface area contributed by atoms with E-state index in [1.165, 1.54) is 24.3 Å². The molecule has 0 atom stereocenters. The molecule has 1 N–H and O–H groups in total. The van der Waals surface area contributed by atoms with Crippen LogP contribution < -0.4 is 5.32 Å². The van der Waals surface area contributed by atoms with Crippen molar-refractivity contribution in [1.29, 1.82) is 0 Å². The number of anilines is 1. The fraction of sp³-hybridized carbons (Fsp3) is 0.417. The minimum Gasteiger partial charge on any atom is -0.325 e. The highest BCUT2D eigenvalue weighted by Crippen LogP contribution is 2.09. The fourth-order valence-corrected chi connectivity index (χ4v) is 2.40. The molecule has 0 bridgehead atoms. The van der Waals surface area contributed by atoms with Gasteiger partial charge < -0.3 is 5.32 Å². The molecule has 0 radical (unpaired) electrons. The highest BCUT2D eigenvalue weighted by molar-refractivity contribution is 7.88. The van der Waals surface area contributed by atoms with E-state index in [0.717, 1.165) is 10.6 Å². The molecule has 1 rings (SSSR count). The quantitative estimate of drug-likeness (QED) is 0.861. The molecule has 0 spiro atoms. The lowest BCUT2D eigenvalue weighted by molar-refractivity contribution is -0.116. The largest absolute Gasteiger partial charge is 0.325 e. The number of rotatable bonds is 6. The minimum absolute atomic E-state index is 0.273. The number of hydrogen-bond donors (Lipinski definition) is 1. The number of sulfonamides is 1. The Morgan fingerprint density at radius 3 is 2.63 bits per heavy atom. The standard InChI is InChI=1S/C12H17FN2O3S/c1-3-7-15(19(2,17)18)9-12(16)14-11-6-4-5-10(13)8-11/h4-6,8H,3,7,9H2,1-2H3,(H,14,16). The predicted octanol–water partition coefficient (Wildman–Crippen LogP) is 1.44. The van der Waals surface area contributed by atoms with Gasteiger partial charge in [-0.3, -0.25) is 4.79 Å². The van der Waals surface area contributed by atoms with Gasteiger partial charge in [-0.2, -0.15) is 4.31 Å². The predicted molar refractivity (Wildman–Crippen MR) is 71.7 cm³/mol. The van der Waals surface area contributed by atoms with Gasteiger partial charge in [-0.15, -0.1) is 0 Å². The van der Waals surface area contributed by atoms with Crippen molar-refractivity contribution in [3.63, 3.8) is 0 Å². The monoisotopic (exact) mass is 288 g/mol. The molecule has 5 nitrogen and oxygen atoms in total. The summed E-state index contributed by atoms with van der Waals surface area (Å²) in [6.07, 6.45) is 1.67. The van der Waals surface area contributed by atoms with E-state index >= 15 is 0 Å². The maximum atomic E-state index is 12.9. The van der Waals surface area contributed by atoms with E-state index < -0.39 is 21.7 Å². The van der Waals surface area contributed by atoms with Gasteiger partial charge in [0.1, 0.15) is 5.82 Å². The fourth-order valence-electron chi connectivity index (χ4n) is 1.54. The topological polar surface area (TPSA) is 66.5 Å². The van der Waals surface area contributed by atoms with Crippen LogP contribution in [0.15, 0.2) is 24.3 Å². The lowest BCUT2D eigenvalue weighted by Gasteiger charge is -2.18. The number of halogens is 1. The molecule has 0 aliphatic rings. The lowest BCUT2D eigenvalue weighted by atomic mass is 10.3. The zero-order chi connectivity index (χ0) is 14.5. The van der Waals surface area contributed by atoms with Crippen LogP contribution in [0.1, 0.15) is 13.3 Å². The van der Waals surface area contributed by atoms with Crippen LogP contribution in [0.3, 0.4) is 0 Å². The van der Waals surface area contributed by atoms with Crippen molar-refractivity contribution in [2.24, 2.45) is 0 Å². The first-order valence-corrected chi connectivity index (χ1v) is 7.68. The van der Waals surface area contributed by atoms with E-state index in [1.54, 1.807) is 0 Å².